The molecule has 5 heterocycles. The van der Waals surface area contributed by atoms with Gasteiger partial charge >= 0.3 is 0 Å². The van der Waals surface area contributed by atoms with Crippen molar-refractivity contribution in [3.8, 4) is 12.3 Å². The van der Waals surface area contributed by atoms with E-state index in [2.05, 4.69) is 50.6 Å². The maximum Gasteiger partial charge on any atom is 0.247 e. The fraction of sp³-hybridized carbons (Fsp3) is 0.727. The molecule has 2 aliphatic rings. The van der Waals surface area contributed by atoms with Crippen molar-refractivity contribution in [3.63, 3.8) is 0 Å². The molecule has 3 aromatic rings. The lowest BCUT2D eigenvalue weighted by Gasteiger charge is -2.38. The monoisotopic (exact) mass is 966 g/mol. The summed E-state index contributed by atoms with van der Waals surface area (Å²) in [5.74, 6) is 3.21. The Hall–Kier alpha value is -5.62. The molecule has 3 amide bonds. The molecule has 3 aromatic heterocycles. The van der Waals surface area contributed by atoms with Gasteiger partial charge in [0, 0.05) is 65.3 Å². The van der Waals surface area contributed by atoms with Crippen molar-refractivity contribution in [3.05, 3.63) is 23.8 Å². The largest absolute Gasteiger partial charge is 0.377 e. The molecule has 0 aliphatic carbocycles. The van der Waals surface area contributed by atoms with E-state index < -0.39 is 24.0 Å². The van der Waals surface area contributed by atoms with Crippen LogP contribution in [0.3, 0.4) is 0 Å². The average Bonchev–Trinajstić information content (AvgIpc) is 4.07. The van der Waals surface area contributed by atoms with Crippen LogP contribution in [0.1, 0.15) is 101 Å². The predicted octanol–water partition coefficient (Wildman–Crippen LogP) is -0.892. The number of nitrogens with one attached hydrogen (secondary N) is 1. The van der Waals surface area contributed by atoms with E-state index in [0.29, 0.717) is 154 Å². The van der Waals surface area contributed by atoms with Gasteiger partial charge in [-0.15, -0.1) is 16.6 Å². The summed E-state index contributed by atoms with van der Waals surface area (Å²) in [5.41, 5.74) is 30.7. The van der Waals surface area contributed by atoms with Crippen LogP contribution in [0.15, 0.2) is 12.4 Å². The van der Waals surface area contributed by atoms with Crippen LogP contribution in [0.5, 0.6) is 0 Å². The molecule has 382 valence electrons. The highest BCUT2D eigenvalue weighted by molar-refractivity contribution is 5.81. The fourth-order valence-electron chi connectivity index (χ4n) is 7.97. The van der Waals surface area contributed by atoms with Gasteiger partial charge < -0.3 is 67.8 Å². The number of terminal acetylenes is 1. The van der Waals surface area contributed by atoms with Crippen LogP contribution in [0.25, 0.3) is 0 Å². The van der Waals surface area contributed by atoms with Gasteiger partial charge in [0.25, 0.3) is 0 Å². The Balaban J connectivity index is 1.26. The Kier molecular flexibility index (Phi) is 22.7. The van der Waals surface area contributed by atoms with Crippen molar-refractivity contribution in [2.24, 2.45) is 34.6 Å². The van der Waals surface area contributed by atoms with E-state index in [1.807, 2.05) is 16.0 Å². The number of unbranched alkanes of at least 4 members (excludes halogenated alkanes) is 2. The van der Waals surface area contributed by atoms with Gasteiger partial charge in [0.15, 0.2) is 0 Å². The van der Waals surface area contributed by atoms with Gasteiger partial charge in [-0.25, -0.2) is 9.36 Å². The van der Waals surface area contributed by atoms with E-state index in [0.717, 1.165) is 25.7 Å². The maximum atomic E-state index is 14.2. The van der Waals surface area contributed by atoms with E-state index in [1.54, 1.807) is 15.8 Å². The predicted molar refractivity (Wildman–Crippen MR) is 258 cm³/mol. The number of carbonyl (C=O) groups is 3. The zero-order valence-corrected chi connectivity index (χ0v) is 40.4. The highest BCUT2D eigenvalue weighted by Gasteiger charge is 2.33. The minimum Gasteiger partial charge on any atom is -0.377 e. The number of hydrogen-bond acceptors (Lipinski definition) is 20. The zero-order valence-electron chi connectivity index (χ0n) is 40.4. The molecule has 2 fully saturated rings. The molecule has 69 heavy (non-hydrogen) atoms. The summed E-state index contributed by atoms with van der Waals surface area (Å²) in [6.07, 6.45) is 13.5. The molecule has 2 aliphatic heterocycles. The van der Waals surface area contributed by atoms with E-state index in [1.165, 1.54) is 4.68 Å². The smallest absolute Gasteiger partial charge is 0.247 e. The number of piperazine rings is 2. The highest BCUT2D eigenvalue weighted by Crippen LogP contribution is 2.26. The Morgan fingerprint density at radius 3 is 1.71 bits per heavy atom. The molecule has 0 unspecified atom stereocenters. The number of hydrogen-bond donors (Lipinski definition) is 6. The van der Waals surface area contributed by atoms with Gasteiger partial charge in [0.1, 0.15) is 18.7 Å². The third-order valence-electron chi connectivity index (χ3n) is 12.3. The number of nitrogens with zero attached hydrogens (tertiary/aromatic N) is 13. The molecule has 25 heteroatoms. The summed E-state index contributed by atoms with van der Waals surface area (Å²) < 4.78 is 19.7. The minimum absolute atomic E-state index is 0.0356. The van der Waals surface area contributed by atoms with Crippen molar-refractivity contribution >= 4 is 35.6 Å². The van der Waals surface area contributed by atoms with Gasteiger partial charge in [0.2, 0.25) is 35.6 Å². The molecule has 5 rings (SSSR count). The molecular formula is C44H75N19O6. The van der Waals surface area contributed by atoms with Crippen LogP contribution in [0.2, 0.25) is 0 Å². The Labute approximate surface area is 404 Å². The SMILES string of the molecule is C#CCOCCOCCOCCNc1nc(N2CCN(C(=O)[C@H](CCCCN)n3cc([C@@H](N)[C@H](C)CC)nn3)CC2)nc(N2CCN(C(=O)[C@H](CCCCN)n3cc([C@@H](N)CC(N)=O)nn3)CC2)n1. The summed E-state index contributed by atoms with van der Waals surface area (Å²) in [4.78, 5) is 62.3. The lowest BCUT2D eigenvalue weighted by atomic mass is 9.98. The number of anilines is 3. The first kappa shape index (κ1) is 54.3. The van der Waals surface area contributed by atoms with Crippen molar-refractivity contribution in [2.45, 2.75) is 89.4 Å². The molecule has 0 saturated carbocycles. The van der Waals surface area contributed by atoms with Crippen LogP contribution in [0.4, 0.5) is 17.8 Å². The van der Waals surface area contributed by atoms with Gasteiger partial charge in [-0.05, 0) is 57.5 Å². The van der Waals surface area contributed by atoms with Crippen LogP contribution in [-0.4, -0.2) is 184 Å². The third-order valence-corrected chi connectivity index (χ3v) is 12.3. The molecule has 11 N–H and O–H groups in total. The fourth-order valence-corrected chi connectivity index (χ4v) is 7.97. The minimum atomic E-state index is -0.735. The summed E-state index contributed by atoms with van der Waals surface area (Å²) in [6.45, 7) is 11.4. The van der Waals surface area contributed by atoms with E-state index in [-0.39, 0.29) is 36.8 Å². The molecule has 0 bridgehead atoms. The van der Waals surface area contributed by atoms with Crippen molar-refractivity contribution < 1.29 is 28.6 Å². The van der Waals surface area contributed by atoms with Crippen molar-refractivity contribution in [1.29, 1.82) is 0 Å². The van der Waals surface area contributed by atoms with Gasteiger partial charge in [-0.3, -0.25) is 14.4 Å². The summed E-state index contributed by atoms with van der Waals surface area (Å²) in [6, 6.07) is -2.19. The number of rotatable bonds is 31. The first-order valence-corrected chi connectivity index (χ1v) is 24.2. The van der Waals surface area contributed by atoms with Gasteiger partial charge in [-0.2, -0.15) is 15.0 Å². The second-order valence-electron chi connectivity index (χ2n) is 17.3. The Bertz CT molecular complexity index is 2050. The van der Waals surface area contributed by atoms with Crippen LogP contribution in [0, 0.1) is 18.3 Å². The number of carbonyl (C=O) groups excluding carboxylic acids is 3. The van der Waals surface area contributed by atoms with Crippen LogP contribution < -0.4 is 43.8 Å². The standard InChI is InChI=1S/C44H75N19O6/c1-4-23-67-25-27-69-28-26-68-24-14-50-42-51-43(60-19-15-58(16-20-60)40(65)36(10-6-8-12-45)62-30-34(54-56-62)33(47)29-38(48)64)53-44(52-42)61-21-17-59(18-22-61)41(66)37(11-7-9-13-46)63-31-35(55-57-63)39(49)32(3)5-2/h1,30-33,36-37,39H,5-29,45-47,49H2,2-3H3,(H2,48,64)(H,50,51,52,53)/t32-,33+,36+,37+,39+/m1/s1. The van der Waals surface area contributed by atoms with Gasteiger partial charge in [0.05, 0.1) is 68.9 Å². The van der Waals surface area contributed by atoms with Crippen LogP contribution >= 0.6 is 0 Å². The van der Waals surface area contributed by atoms with E-state index in [9.17, 15) is 14.4 Å². The number of aromatic nitrogens is 9. The lowest BCUT2D eigenvalue weighted by Crippen LogP contribution is -2.52. The molecule has 5 atom stereocenters. The zero-order chi connectivity index (χ0) is 49.5. The molecule has 0 spiro atoms. The Morgan fingerprint density at radius 1 is 0.725 bits per heavy atom. The topological polar surface area (TPSA) is 334 Å². The van der Waals surface area contributed by atoms with Crippen molar-refractivity contribution in [1.82, 2.24) is 54.7 Å². The summed E-state index contributed by atoms with van der Waals surface area (Å²) in [5, 5.41) is 20.4. The molecule has 0 radical (unpaired) electrons. The third kappa shape index (κ3) is 16.5. The normalized spacial score (nSPS) is 16.5. The maximum absolute atomic E-state index is 14.2. The number of nitrogens with two attached hydrogens (primary N) is 5. The van der Waals surface area contributed by atoms with Crippen LogP contribution in [-0.2, 0) is 28.6 Å². The number of primary amides is 1. The summed E-state index contributed by atoms with van der Waals surface area (Å²) >= 11 is 0. The molecule has 2 saturated heterocycles. The van der Waals surface area contributed by atoms with Gasteiger partial charge in [-0.1, -0.05) is 36.6 Å². The van der Waals surface area contributed by atoms with E-state index >= 15 is 0 Å². The Morgan fingerprint density at radius 2 is 1.22 bits per heavy atom. The first-order valence-electron chi connectivity index (χ1n) is 24.2. The molecule has 0 aromatic carbocycles. The lowest BCUT2D eigenvalue weighted by molar-refractivity contribution is -0.136. The number of amides is 3. The second kappa shape index (κ2) is 28.8. The van der Waals surface area contributed by atoms with Crippen molar-refractivity contribution in [2.75, 3.05) is 127 Å². The molecular weight excluding hydrogens is 891 g/mol. The first-order chi connectivity index (χ1) is 33.5. The quantitative estimate of drug-likeness (QED) is 0.0336. The molecule has 25 nitrogen and oxygen atoms in total. The number of ether oxygens (including phenoxy) is 3. The average molecular weight is 966 g/mol. The summed E-state index contributed by atoms with van der Waals surface area (Å²) in [7, 11) is 0. The van der Waals surface area contributed by atoms with E-state index in [4.69, 9.17) is 64.3 Å². The highest BCUT2D eigenvalue weighted by atomic mass is 16.5. The second-order valence-corrected chi connectivity index (χ2v) is 17.3.